The van der Waals surface area contributed by atoms with Crippen molar-refractivity contribution in [2.45, 2.75) is 31.5 Å². The van der Waals surface area contributed by atoms with Gasteiger partial charge >= 0.3 is 5.97 Å². The molecule has 4 rings (SSSR count). The third-order valence-corrected chi connectivity index (χ3v) is 7.86. The van der Waals surface area contributed by atoms with Crippen LogP contribution in [0.2, 0.25) is 0 Å². The van der Waals surface area contributed by atoms with Crippen LogP contribution in [0, 0.1) is 11.3 Å². The summed E-state index contributed by atoms with van der Waals surface area (Å²) in [5, 5.41) is 14.5. The Morgan fingerprint density at radius 2 is 2.02 bits per heavy atom. The molecule has 1 fully saturated rings. The first kappa shape index (κ1) is 29.5. The van der Waals surface area contributed by atoms with E-state index < -0.39 is 12.0 Å². The Kier molecular flexibility index (Phi) is 9.90. The van der Waals surface area contributed by atoms with E-state index in [1.165, 1.54) is 18.4 Å². The van der Waals surface area contributed by atoms with E-state index in [0.29, 0.717) is 33.9 Å². The number of nitrogens with zero attached hydrogens (tertiary/aromatic N) is 4. The number of aliphatic imine (C=N–C) groups is 1. The molecule has 9 nitrogen and oxygen atoms in total. The summed E-state index contributed by atoms with van der Waals surface area (Å²) in [6.45, 7) is 5.96. The highest BCUT2D eigenvalue weighted by atomic mass is 32.1. The highest BCUT2D eigenvalue weighted by Crippen LogP contribution is 2.36. The van der Waals surface area contributed by atoms with E-state index >= 15 is 0 Å². The van der Waals surface area contributed by atoms with Crippen LogP contribution in [-0.2, 0) is 16.1 Å². The zero-order valence-electron chi connectivity index (χ0n) is 23.2. The highest BCUT2D eigenvalue weighted by Gasteiger charge is 2.27. The molecule has 3 aromatic rings. The number of ether oxygens (including phenoxy) is 1. The van der Waals surface area contributed by atoms with Gasteiger partial charge in [0.1, 0.15) is 4.88 Å². The monoisotopic (exact) mass is 570 g/mol. The number of hydrogen-bond acceptors (Lipinski definition) is 8. The Balaban J connectivity index is 1.66. The van der Waals surface area contributed by atoms with E-state index in [0.717, 1.165) is 30.5 Å². The summed E-state index contributed by atoms with van der Waals surface area (Å²) in [6.07, 6.45) is 3.65. The second-order valence-electron chi connectivity index (χ2n) is 9.89. The predicted molar refractivity (Wildman–Crippen MR) is 162 cm³/mol. The van der Waals surface area contributed by atoms with Gasteiger partial charge in [-0.1, -0.05) is 55.1 Å². The Hall–Kier alpha value is -4.46. The van der Waals surface area contributed by atoms with E-state index in [9.17, 15) is 14.9 Å². The number of methoxy groups -OCH3 is 1. The fourth-order valence-electron chi connectivity index (χ4n) is 4.69. The largest absolute Gasteiger partial charge is 0.467 e. The number of amides is 1. The summed E-state index contributed by atoms with van der Waals surface area (Å²) in [7, 11) is 3.03. The molecule has 1 aromatic heterocycles. The number of carbonyl (C=O) groups excluding carboxylic acids is 2. The quantitative estimate of drug-likeness (QED) is 0.210. The van der Waals surface area contributed by atoms with Gasteiger partial charge in [0.25, 0.3) is 5.91 Å². The van der Waals surface area contributed by atoms with Gasteiger partial charge in [-0.15, -0.1) is 11.3 Å². The molecule has 10 heteroatoms. The van der Waals surface area contributed by atoms with Gasteiger partial charge in [-0.2, -0.15) is 5.26 Å². The van der Waals surface area contributed by atoms with Crippen LogP contribution in [0.5, 0.6) is 0 Å². The number of carbonyl (C=O) groups is 2. The number of nitrogens with one attached hydrogen (secondary N) is 1. The van der Waals surface area contributed by atoms with Crippen molar-refractivity contribution in [2.75, 3.05) is 27.2 Å². The molecule has 1 saturated heterocycles. The summed E-state index contributed by atoms with van der Waals surface area (Å²) >= 11 is 1.26. The van der Waals surface area contributed by atoms with Gasteiger partial charge in [0, 0.05) is 49.4 Å². The third-order valence-electron chi connectivity index (χ3n) is 6.90. The number of hydrogen-bond donors (Lipinski definition) is 2. The lowest BCUT2D eigenvalue weighted by Gasteiger charge is -2.28. The molecule has 3 N–H and O–H groups in total. The average molecular weight is 571 g/mol. The standard InChI is InChI=1S/C31H34N6O3S/c1-21(35-27(31(39)40-3)22-10-5-4-6-11-22)26-19-41-29(28(26)34-20-37-15-9-14-25(33)18-37)30(38)36(2)17-24-13-8-7-12-23(24)16-32/h4-8,10-13,19-20,25,27,35H,1,9,14-15,17-18,33H2,2-3H3/b34-20+/t25-,27?/m1/s1. The smallest absolute Gasteiger partial charge is 0.332 e. The van der Waals surface area contributed by atoms with Crippen LogP contribution < -0.4 is 11.1 Å². The zero-order valence-corrected chi connectivity index (χ0v) is 24.1. The Bertz CT molecular complexity index is 1460. The number of rotatable bonds is 10. The van der Waals surface area contributed by atoms with Crippen molar-refractivity contribution >= 4 is 40.9 Å². The molecule has 2 heterocycles. The molecule has 1 aliphatic rings. The van der Waals surface area contributed by atoms with Crippen molar-refractivity contribution in [2.24, 2.45) is 10.7 Å². The number of piperidine rings is 1. The maximum absolute atomic E-state index is 13.7. The van der Waals surface area contributed by atoms with Crippen LogP contribution in [0.15, 0.2) is 71.5 Å². The summed E-state index contributed by atoms with van der Waals surface area (Å²) < 4.78 is 5.05. The summed E-state index contributed by atoms with van der Waals surface area (Å²) in [4.78, 5) is 35.2. The summed E-state index contributed by atoms with van der Waals surface area (Å²) in [5.74, 6) is -0.705. The molecule has 0 saturated carbocycles. The third kappa shape index (κ3) is 7.20. The minimum Gasteiger partial charge on any atom is -0.467 e. The van der Waals surface area contributed by atoms with E-state index in [-0.39, 0.29) is 18.5 Å². The first-order valence-electron chi connectivity index (χ1n) is 13.3. The Labute approximate surface area is 244 Å². The van der Waals surface area contributed by atoms with Crippen molar-refractivity contribution in [3.8, 4) is 6.07 Å². The molecule has 1 aliphatic heterocycles. The number of benzene rings is 2. The molecule has 0 radical (unpaired) electrons. The van der Waals surface area contributed by atoms with Crippen LogP contribution in [0.25, 0.3) is 5.70 Å². The van der Waals surface area contributed by atoms with E-state index in [2.05, 4.69) is 18.0 Å². The van der Waals surface area contributed by atoms with Crippen LogP contribution in [-0.4, -0.2) is 61.3 Å². The Morgan fingerprint density at radius 1 is 1.29 bits per heavy atom. The van der Waals surface area contributed by atoms with Crippen LogP contribution in [0.3, 0.4) is 0 Å². The molecule has 212 valence electrons. The number of likely N-dealkylation sites (tertiary alicyclic amines) is 1. The molecule has 1 amide bonds. The average Bonchev–Trinajstić information content (AvgIpc) is 3.42. The van der Waals surface area contributed by atoms with Gasteiger partial charge in [-0.3, -0.25) is 4.79 Å². The van der Waals surface area contributed by atoms with Gasteiger partial charge in [-0.25, -0.2) is 9.79 Å². The predicted octanol–water partition coefficient (Wildman–Crippen LogP) is 4.45. The molecule has 0 aliphatic carbocycles. The lowest BCUT2D eigenvalue weighted by atomic mass is 10.1. The minimum absolute atomic E-state index is 0.0629. The van der Waals surface area contributed by atoms with Gasteiger partial charge in [0.05, 0.1) is 30.8 Å². The molecule has 2 atom stereocenters. The van der Waals surface area contributed by atoms with E-state index in [1.54, 1.807) is 30.4 Å². The van der Waals surface area contributed by atoms with Gasteiger partial charge in [0.15, 0.2) is 6.04 Å². The van der Waals surface area contributed by atoms with Crippen molar-refractivity contribution in [3.63, 3.8) is 0 Å². The van der Waals surface area contributed by atoms with Crippen LogP contribution in [0.1, 0.15) is 50.8 Å². The SMILES string of the molecule is C=C(NC(C(=O)OC)c1ccccc1)c1csc(C(=O)N(C)Cc2ccccc2C#N)c1/N=C/N1CCC[C@@H](N)C1. The fraction of sp³-hybridized carbons (Fsp3) is 0.290. The first-order chi connectivity index (χ1) is 19.8. The van der Waals surface area contributed by atoms with Crippen molar-refractivity contribution in [3.05, 3.63) is 93.7 Å². The van der Waals surface area contributed by atoms with Crippen molar-refractivity contribution in [1.29, 1.82) is 5.26 Å². The maximum Gasteiger partial charge on any atom is 0.332 e. The molecular weight excluding hydrogens is 536 g/mol. The number of esters is 1. The minimum atomic E-state index is -0.796. The molecule has 0 spiro atoms. The molecule has 2 aromatic carbocycles. The van der Waals surface area contributed by atoms with Crippen LogP contribution in [0.4, 0.5) is 5.69 Å². The summed E-state index contributed by atoms with van der Waals surface area (Å²) in [5.41, 5.74) is 9.64. The molecule has 1 unspecified atom stereocenters. The number of nitriles is 1. The number of nitrogens with two attached hydrogens (primary N) is 1. The lowest BCUT2D eigenvalue weighted by molar-refractivity contribution is -0.142. The van der Waals surface area contributed by atoms with Crippen molar-refractivity contribution in [1.82, 2.24) is 15.1 Å². The molecule has 0 bridgehead atoms. The summed E-state index contributed by atoms with van der Waals surface area (Å²) in [6, 6.07) is 17.9. The first-order valence-corrected chi connectivity index (χ1v) is 14.2. The van der Waals surface area contributed by atoms with E-state index in [4.69, 9.17) is 15.5 Å². The lowest BCUT2D eigenvalue weighted by Crippen LogP contribution is -2.41. The van der Waals surface area contributed by atoms with Crippen LogP contribution >= 0.6 is 11.3 Å². The second kappa shape index (κ2) is 13.7. The normalized spacial score (nSPS) is 15.7. The van der Waals surface area contributed by atoms with Gasteiger partial charge in [0.2, 0.25) is 0 Å². The second-order valence-corrected chi connectivity index (χ2v) is 10.8. The highest BCUT2D eigenvalue weighted by molar-refractivity contribution is 7.13. The van der Waals surface area contributed by atoms with Crippen molar-refractivity contribution < 1.29 is 14.3 Å². The fourth-order valence-corrected chi connectivity index (χ4v) is 5.71. The van der Waals surface area contributed by atoms with Gasteiger partial charge in [-0.05, 0) is 30.0 Å². The maximum atomic E-state index is 13.7. The molecule has 41 heavy (non-hydrogen) atoms. The topological polar surface area (TPSA) is 124 Å². The molecular formula is C31H34N6O3S. The van der Waals surface area contributed by atoms with E-state index in [1.807, 2.05) is 52.7 Å². The zero-order chi connectivity index (χ0) is 29.4. The number of thiophene rings is 1. The van der Waals surface area contributed by atoms with Gasteiger partial charge < -0.3 is 25.6 Å². The Morgan fingerprint density at radius 3 is 2.73 bits per heavy atom.